The fourth-order valence-electron chi connectivity index (χ4n) is 2.93. The molecule has 6 heteroatoms. The largest absolute Gasteiger partial charge is 0.348 e. The van der Waals surface area contributed by atoms with Crippen LogP contribution >= 0.6 is 0 Å². The van der Waals surface area contributed by atoms with Gasteiger partial charge in [-0.15, -0.1) is 0 Å². The summed E-state index contributed by atoms with van der Waals surface area (Å²) in [5.41, 5.74) is 2.86. The molecule has 2 aromatic rings. The van der Waals surface area contributed by atoms with Crippen LogP contribution < -0.4 is 10.9 Å². The lowest BCUT2D eigenvalue weighted by atomic mass is 10.00. The molecule has 142 valence electrons. The topological polar surface area (TPSA) is 87.8 Å². The van der Waals surface area contributed by atoms with Gasteiger partial charge in [0.2, 0.25) is 5.91 Å². The van der Waals surface area contributed by atoms with Crippen LogP contribution in [0.25, 0.3) is 0 Å². The molecule has 1 amide bonds. The first kappa shape index (κ1) is 20.4. The van der Waals surface area contributed by atoms with Gasteiger partial charge in [0.15, 0.2) is 0 Å². The van der Waals surface area contributed by atoms with E-state index in [9.17, 15) is 9.59 Å². The number of hydrogen-bond acceptors (Lipinski definition) is 4. The Bertz CT molecular complexity index is 921. The highest BCUT2D eigenvalue weighted by Crippen LogP contribution is 2.15. The van der Waals surface area contributed by atoms with Crippen LogP contribution in [-0.4, -0.2) is 15.7 Å². The zero-order valence-electron chi connectivity index (χ0n) is 16.5. The van der Waals surface area contributed by atoms with E-state index in [0.29, 0.717) is 17.2 Å². The Balaban J connectivity index is 2.09. The molecule has 0 radical (unpaired) electrons. The first-order valence-corrected chi connectivity index (χ1v) is 9.09. The highest BCUT2D eigenvalue weighted by Gasteiger charge is 2.15. The van der Waals surface area contributed by atoms with Crippen molar-refractivity contribution in [3.05, 3.63) is 62.6 Å². The van der Waals surface area contributed by atoms with Crippen LogP contribution in [0.5, 0.6) is 0 Å². The van der Waals surface area contributed by atoms with Gasteiger partial charge in [0.25, 0.3) is 5.56 Å². The summed E-state index contributed by atoms with van der Waals surface area (Å²) in [5.74, 6) is 0.269. The number of benzene rings is 1. The van der Waals surface area contributed by atoms with Crippen molar-refractivity contribution < 1.29 is 4.79 Å². The molecule has 0 bridgehead atoms. The van der Waals surface area contributed by atoms with Crippen molar-refractivity contribution in [3.63, 3.8) is 0 Å². The van der Waals surface area contributed by atoms with Crippen molar-refractivity contribution in [2.75, 3.05) is 0 Å². The van der Waals surface area contributed by atoms with Gasteiger partial charge in [-0.2, -0.15) is 10.4 Å². The lowest BCUT2D eigenvalue weighted by molar-refractivity contribution is -0.122. The predicted octanol–water partition coefficient (Wildman–Crippen LogP) is 2.81. The lowest BCUT2D eigenvalue weighted by Crippen LogP contribution is -2.36. The molecule has 0 saturated carbocycles. The zero-order chi connectivity index (χ0) is 20.1. The van der Waals surface area contributed by atoms with Gasteiger partial charge >= 0.3 is 0 Å². The van der Waals surface area contributed by atoms with Gasteiger partial charge in [0.05, 0.1) is 11.7 Å². The molecule has 1 atom stereocenters. The summed E-state index contributed by atoms with van der Waals surface area (Å²) in [6, 6.07) is 9.88. The van der Waals surface area contributed by atoms with E-state index in [2.05, 4.69) is 36.4 Å². The molecule has 1 unspecified atom stereocenters. The summed E-state index contributed by atoms with van der Waals surface area (Å²) in [4.78, 5) is 24.7. The summed E-state index contributed by atoms with van der Waals surface area (Å²) >= 11 is 0. The average molecular weight is 366 g/mol. The normalized spacial score (nSPS) is 11.9. The van der Waals surface area contributed by atoms with E-state index in [1.165, 1.54) is 5.56 Å². The molecule has 0 aliphatic carbocycles. The molecule has 0 spiro atoms. The molecule has 0 aliphatic rings. The van der Waals surface area contributed by atoms with E-state index < -0.39 is 5.56 Å². The van der Waals surface area contributed by atoms with E-state index >= 15 is 0 Å². The first-order valence-electron chi connectivity index (χ1n) is 9.09. The quantitative estimate of drug-likeness (QED) is 0.851. The molecule has 1 heterocycles. The number of carbonyl (C=O) groups excluding carboxylic acids is 1. The highest BCUT2D eigenvalue weighted by atomic mass is 16.2. The number of nitrogens with one attached hydrogen (secondary N) is 1. The number of carbonyl (C=O) groups is 1. The zero-order valence-corrected chi connectivity index (χ0v) is 16.5. The van der Waals surface area contributed by atoms with Crippen LogP contribution in [0.1, 0.15) is 54.8 Å². The molecule has 0 aliphatic heterocycles. The highest BCUT2D eigenvalue weighted by molar-refractivity contribution is 5.76. The van der Waals surface area contributed by atoms with Crippen molar-refractivity contribution in [2.45, 2.75) is 53.6 Å². The average Bonchev–Trinajstić information content (AvgIpc) is 2.60. The maximum Gasteiger partial charge on any atom is 0.285 e. The number of nitrogens with zero attached hydrogens (tertiary/aromatic N) is 3. The third-order valence-corrected chi connectivity index (χ3v) is 4.54. The van der Waals surface area contributed by atoms with Gasteiger partial charge in [-0.05, 0) is 49.8 Å². The first-order chi connectivity index (χ1) is 12.7. The summed E-state index contributed by atoms with van der Waals surface area (Å²) in [7, 11) is 0. The van der Waals surface area contributed by atoms with Crippen LogP contribution in [0.3, 0.4) is 0 Å². The van der Waals surface area contributed by atoms with E-state index in [1.54, 1.807) is 13.8 Å². The van der Waals surface area contributed by atoms with Gasteiger partial charge in [0, 0.05) is 0 Å². The second kappa shape index (κ2) is 8.63. The predicted molar refractivity (Wildman–Crippen MR) is 104 cm³/mol. The van der Waals surface area contributed by atoms with Crippen molar-refractivity contribution in [1.82, 2.24) is 15.1 Å². The summed E-state index contributed by atoms with van der Waals surface area (Å²) in [6.45, 7) is 9.43. The molecule has 1 aromatic heterocycles. The maximum absolute atomic E-state index is 12.4. The molecule has 1 aromatic carbocycles. The summed E-state index contributed by atoms with van der Waals surface area (Å²) < 4.78 is 1.05. The number of amides is 1. The number of nitriles is 1. The third kappa shape index (κ3) is 5.04. The monoisotopic (exact) mass is 366 g/mol. The summed E-state index contributed by atoms with van der Waals surface area (Å²) in [6.07, 6.45) is 1.02. The fraction of sp³-hybridized carbons (Fsp3) is 0.429. The van der Waals surface area contributed by atoms with Crippen molar-refractivity contribution in [2.24, 2.45) is 5.92 Å². The number of aryl methyl sites for hydroxylation is 1. The smallest absolute Gasteiger partial charge is 0.285 e. The molecular weight excluding hydrogens is 340 g/mol. The van der Waals surface area contributed by atoms with Crippen molar-refractivity contribution >= 4 is 5.91 Å². The molecule has 2 rings (SSSR count). The van der Waals surface area contributed by atoms with Gasteiger partial charge in [-0.3, -0.25) is 9.59 Å². The Morgan fingerprint density at radius 3 is 2.41 bits per heavy atom. The van der Waals surface area contributed by atoms with E-state index in [1.807, 2.05) is 25.1 Å². The van der Waals surface area contributed by atoms with E-state index in [4.69, 9.17) is 5.26 Å². The van der Waals surface area contributed by atoms with E-state index in [-0.39, 0.29) is 24.1 Å². The van der Waals surface area contributed by atoms with Crippen LogP contribution in [0, 0.1) is 31.1 Å². The van der Waals surface area contributed by atoms with Crippen molar-refractivity contribution in [1.29, 1.82) is 5.26 Å². The number of rotatable bonds is 6. The van der Waals surface area contributed by atoms with Crippen LogP contribution in [0.4, 0.5) is 0 Å². The SMILES string of the molecule is Cc1nn(CC(=O)NC(C)c2ccc(CC(C)C)cc2)c(=O)c(C#N)c1C. The third-order valence-electron chi connectivity index (χ3n) is 4.54. The Morgan fingerprint density at radius 1 is 1.22 bits per heavy atom. The minimum absolute atomic E-state index is 0.0316. The van der Waals surface area contributed by atoms with Gasteiger partial charge in [0.1, 0.15) is 18.2 Å². The molecule has 27 heavy (non-hydrogen) atoms. The minimum Gasteiger partial charge on any atom is -0.348 e. The standard InChI is InChI=1S/C21H26N4O2/c1-13(2)10-17-6-8-18(9-7-17)16(5)23-20(26)12-25-21(27)19(11-22)14(3)15(4)24-25/h6-9,13,16H,10,12H2,1-5H3,(H,23,26). The van der Waals surface area contributed by atoms with Gasteiger partial charge < -0.3 is 5.32 Å². The molecule has 0 fully saturated rings. The van der Waals surface area contributed by atoms with Gasteiger partial charge in [-0.1, -0.05) is 38.1 Å². The minimum atomic E-state index is -0.540. The Morgan fingerprint density at radius 2 is 1.85 bits per heavy atom. The van der Waals surface area contributed by atoms with Crippen LogP contribution in [0.2, 0.25) is 0 Å². The Hall–Kier alpha value is -2.94. The molecule has 1 N–H and O–H groups in total. The van der Waals surface area contributed by atoms with Crippen molar-refractivity contribution in [3.8, 4) is 6.07 Å². The number of aromatic nitrogens is 2. The van der Waals surface area contributed by atoms with Crippen LogP contribution in [0.15, 0.2) is 29.1 Å². The second-order valence-electron chi connectivity index (χ2n) is 7.29. The molecule has 6 nitrogen and oxygen atoms in total. The second-order valence-corrected chi connectivity index (χ2v) is 7.29. The van der Waals surface area contributed by atoms with Crippen LogP contribution in [-0.2, 0) is 17.8 Å². The summed E-state index contributed by atoms with van der Waals surface area (Å²) in [5, 5.41) is 16.2. The molecule has 0 saturated heterocycles. The Labute approximate surface area is 159 Å². The maximum atomic E-state index is 12.4. The Kier molecular flexibility index (Phi) is 6.51. The fourth-order valence-corrected chi connectivity index (χ4v) is 2.93. The lowest BCUT2D eigenvalue weighted by Gasteiger charge is -2.16. The number of hydrogen-bond donors (Lipinski definition) is 1. The molecular formula is C21H26N4O2. The van der Waals surface area contributed by atoms with E-state index in [0.717, 1.165) is 16.7 Å². The van der Waals surface area contributed by atoms with Gasteiger partial charge in [-0.25, -0.2) is 4.68 Å².